The second-order valence-electron chi connectivity index (χ2n) is 4.73. The molecule has 0 saturated carbocycles. The van der Waals surface area contributed by atoms with Gasteiger partial charge in [0.2, 0.25) is 5.82 Å². The molecule has 0 aliphatic carbocycles. The van der Waals surface area contributed by atoms with Gasteiger partial charge in [-0.15, -0.1) is 10.2 Å². The van der Waals surface area contributed by atoms with Crippen molar-refractivity contribution in [3.63, 3.8) is 0 Å². The molecule has 2 aromatic carbocycles. The highest BCUT2D eigenvalue weighted by Crippen LogP contribution is 2.17. The lowest BCUT2D eigenvalue weighted by Crippen LogP contribution is -2.07. The zero-order valence-corrected chi connectivity index (χ0v) is 13.5. The SMILES string of the molecule is Brc1ccc(-c2nnn(CCCOc3ccccc3)n2)cc1. The van der Waals surface area contributed by atoms with Crippen LogP contribution in [0.3, 0.4) is 0 Å². The molecule has 1 heterocycles. The number of aromatic nitrogens is 4. The van der Waals surface area contributed by atoms with Crippen LogP contribution in [0.15, 0.2) is 59.1 Å². The van der Waals surface area contributed by atoms with E-state index in [1.807, 2.05) is 54.6 Å². The van der Waals surface area contributed by atoms with Crippen LogP contribution in [0.5, 0.6) is 5.75 Å². The van der Waals surface area contributed by atoms with Crippen molar-refractivity contribution >= 4 is 15.9 Å². The molecule has 5 nitrogen and oxygen atoms in total. The van der Waals surface area contributed by atoms with Crippen LogP contribution >= 0.6 is 15.9 Å². The Morgan fingerprint density at radius 2 is 1.77 bits per heavy atom. The van der Waals surface area contributed by atoms with E-state index in [2.05, 4.69) is 31.3 Å². The fourth-order valence-corrected chi connectivity index (χ4v) is 2.23. The Bertz CT molecular complexity index is 713. The summed E-state index contributed by atoms with van der Waals surface area (Å²) in [5.74, 6) is 1.51. The van der Waals surface area contributed by atoms with Crippen molar-refractivity contribution in [3.05, 3.63) is 59.1 Å². The Morgan fingerprint density at radius 1 is 1.00 bits per heavy atom. The van der Waals surface area contributed by atoms with Gasteiger partial charge in [0.05, 0.1) is 13.2 Å². The molecule has 0 unspecified atom stereocenters. The molecule has 22 heavy (non-hydrogen) atoms. The van der Waals surface area contributed by atoms with Crippen molar-refractivity contribution in [2.24, 2.45) is 0 Å². The first-order valence-electron chi connectivity index (χ1n) is 7.03. The molecule has 0 N–H and O–H groups in total. The monoisotopic (exact) mass is 358 g/mol. The minimum absolute atomic E-state index is 0.624. The van der Waals surface area contributed by atoms with Crippen LogP contribution in [-0.4, -0.2) is 26.8 Å². The average molecular weight is 359 g/mol. The molecule has 0 saturated heterocycles. The maximum Gasteiger partial charge on any atom is 0.204 e. The summed E-state index contributed by atoms with van der Waals surface area (Å²) >= 11 is 3.41. The maximum absolute atomic E-state index is 5.64. The Balaban J connectivity index is 1.50. The molecule has 0 aliphatic rings. The van der Waals surface area contributed by atoms with Crippen molar-refractivity contribution in [1.29, 1.82) is 0 Å². The molecular weight excluding hydrogens is 344 g/mol. The molecule has 0 fully saturated rings. The fraction of sp³-hybridized carbons (Fsp3) is 0.188. The second-order valence-corrected chi connectivity index (χ2v) is 5.65. The molecule has 3 aromatic rings. The summed E-state index contributed by atoms with van der Waals surface area (Å²) in [6.45, 7) is 1.30. The van der Waals surface area contributed by atoms with E-state index in [1.165, 1.54) is 0 Å². The Labute approximate surface area is 137 Å². The van der Waals surface area contributed by atoms with Crippen LogP contribution in [0.4, 0.5) is 0 Å². The van der Waals surface area contributed by atoms with Gasteiger partial charge in [0.15, 0.2) is 0 Å². The van der Waals surface area contributed by atoms with Crippen molar-refractivity contribution in [3.8, 4) is 17.1 Å². The Morgan fingerprint density at radius 3 is 2.55 bits per heavy atom. The number of hydrogen-bond acceptors (Lipinski definition) is 4. The van der Waals surface area contributed by atoms with E-state index in [-0.39, 0.29) is 0 Å². The van der Waals surface area contributed by atoms with Crippen molar-refractivity contribution in [2.75, 3.05) is 6.61 Å². The van der Waals surface area contributed by atoms with Crippen LogP contribution < -0.4 is 4.74 Å². The summed E-state index contributed by atoms with van der Waals surface area (Å²) in [6.07, 6.45) is 0.824. The van der Waals surface area contributed by atoms with Crippen molar-refractivity contribution < 1.29 is 4.74 Å². The average Bonchev–Trinajstić information content (AvgIpc) is 3.02. The lowest BCUT2D eigenvalue weighted by molar-refractivity contribution is 0.293. The lowest BCUT2D eigenvalue weighted by Gasteiger charge is -2.04. The van der Waals surface area contributed by atoms with Gasteiger partial charge in [-0.2, -0.15) is 4.80 Å². The zero-order valence-electron chi connectivity index (χ0n) is 11.9. The highest BCUT2D eigenvalue weighted by Gasteiger charge is 2.05. The van der Waals surface area contributed by atoms with E-state index in [1.54, 1.807) is 4.80 Å². The number of halogens is 1. The second kappa shape index (κ2) is 7.17. The predicted molar refractivity (Wildman–Crippen MR) is 87.5 cm³/mol. The minimum atomic E-state index is 0.624. The molecule has 0 spiro atoms. The third-order valence-electron chi connectivity index (χ3n) is 3.07. The van der Waals surface area contributed by atoms with E-state index in [0.717, 1.165) is 22.2 Å². The number of rotatable bonds is 6. The molecule has 0 bridgehead atoms. The highest BCUT2D eigenvalue weighted by atomic mass is 79.9. The van der Waals surface area contributed by atoms with E-state index in [9.17, 15) is 0 Å². The van der Waals surface area contributed by atoms with Crippen LogP contribution in [0.1, 0.15) is 6.42 Å². The molecule has 0 aliphatic heterocycles. The zero-order chi connectivity index (χ0) is 15.2. The molecule has 6 heteroatoms. The number of nitrogens with zero attached hydrogens (tertiary/aromatic N) is 4. The van der Waals surface area contributed by atoms with Gasteiger partial charge >= 0.3 is 0 Å². The molecule has 3 rings (SSSR count). The van der Waals surface area contributed by atoms with E-state index in [4.69, 9.17) is 4.74 Å². The number of ether oxygens (including phenoxy) is 1. The van der Waals surface area contributed by atoms with E-state index >= 15 is 0 Å². The number of tetrazole rings is 1. The first-order valence-corrected chi connectivity index (χ1v) is 7.82. The summed E-state index contributed by atoms with van der Waals surface area (Å²) in [5, 5.41) is 12.5. The van der Waals surface area contributed by atoms with Crippen LogP contribution in [0, 0.1) is 0 Å². The number of aryl methyl sites for hydroxylation is 1. The highest BCUT2D eigenvalue weighted by molar-refractivity contribution is 9.10. The predicted octanol–water partition coefficient (Wildman–Crippen LogP) is 3.57. The van der Waals surface area contributed by atoms with Crippen LogP contribution in [0.2, 0.25) is 0 Å². The third kappa shape index (κ3) is 3.92. The Hall–Kier alpha value is -2.21. The molecule has 0 radical (unpaired) electrons. The maximum atomic E-state index is 5.64. The smallest absolute Gasteiger partial charge is 0.204 e. The van der Waals surface area contributed by atoms with Crippen molar-refractivity contribution in [1.82, 2.24) is 20.2 Å². The summed E-state index contributed by atoms with van der Waals surface area (Å²) in [7, 11) is 0. The first-order chi connectivity index (χ1) is 10.8. The molecule has 1 aromatic heterocycles. The Kier molecular flexibility index (Phi) is 4.80. The first kappa shape index (κ1) is 14.7. The number of hydrogen-bond donors (Lipinski definition) is 0. The van der Waals surface area contributed by atoms with E-state index < -0.39 is 0 Å². The lowest BCUT2D eigenvalue weighted by atomic mass is 10.2. The van der Waals surface area contributed by atoms with Crippen LogP contribution in [0.25, 0.3) is 11.4 Å². The normalized spacial score (nSPS) is 10.6. The number of para-hydroxylation sites is 1. The van der Waals surface area contributed by atoms with Gasteiger partial charge in [0, 0.05) is 16.5 Å². The van der Waals surface area contributed by atoms with Gasteiger partial charge in [-0.3, -0.25) is 0 Å². The summed E-state index contributed by atoms with van der Waals surface area (Å²) in [5.41, 5.74) is 0.954. The van der Waals surface area contributed by atoms with Gasteiger partial charge in [0.25, 0.3) is 0 Å². The minimum Gasteiger partial charge on any atom is -0.494 e. The fourth-order valence-electron chi connectivity index (χ4n) is 1.97. The van der Waals surface area contributed by atoms with E-state index in [0.29, 0.717) is 19.0 Å². The quantitative estimate of drug-likeness (QED) is 0.632. The largest absolute Gasteiger partial charge is 0.494 e. The van der Waals surface area contributed by atoms with Crippen LogP contribution in [-0.2, 0) is 6.54 Å². The standard InChI is InChI=1S/C16H15BrN4O/c17-14-9-7-13(8-10-14)16-18-20-21(19-16)11-4-12-22-15-5-2-1-3-6-15/h1-3,5-10H,4,11-12H2. The number of benzene rings is 2. The molecule has 0 amide bonds. The molecular formula is C16H15BrN4O. The van der Waals surface area contributed by atoms with Gasteiger partial charge in [-0.1, -0.05) is 34.1 Å². The summed E-state index contributed by atoms with van der Waals surface area (Å²) in [4.78, 5) is 1.60. The van der Waals surface area contributed by atoms with Gasteiger partial charge in [0.1, 0.15) is 5.75 Å². The molecule has 0 atom stereocenters. The van der Waals surface area contributed by atoms with Crippen molar-refractivity contribution in [2.45, 2.75) is 13.0 Å². The third-order valence-corrected chi connectivity index (χ3v) is 3.60. The van der Waals surface area contributed by atoms with Gasteiger partial charge < -0.3 is 4.74 Å². The molecule has 112 valence electrons. The summed E-state index contributed by atoms with van der Waals surface area (Å²) in [6, 6.07) is 17.6. The summed E-state index contributed by atoms with van der Waals surface area (Å²) < 4.78 is 6.67. The topological polar surface area (TPSA) is 52.8 Å². The van der Waals surface area contributed by atoms with Gasteiger partial charge in [-0.05, 0) is 41.6 Å². The van der Waals surface area contributed by atoms with Gasteiger partial charge in [-0.25, -0.2) is 0 Å².